The van der Waals surface area contributed by atoms with Crippen LogP contribution in [-0.4, -0.2) is 41.4 Å². The molecule has 150 valence electrons. The smallest absolute Gasteiger partial charge is 0.225 e. The molecule has 0 bridgehead atoms. The highest BCUT2D eigenvalue weighted by Gasteiger charge is 2.26. The van der Waals surface area contributed by atoms with Gasteiger partial charge in [0, 0.05) is 31.6 Å². The molecular formula is C24H38N2O. The molecule has 2 aliphatic rings. The molecule has 2 fully saturated rings. The van der Waals surface area contributed by atoms with Gasteiger partial charge in [0.1, 0.15) is 0 Å². The zero-order chi connectivity index (χ0) is 19.1. The van der Waals surface area contributed by atoms with Crippen molar-refractivity contribution in [1.29, 1.82) is 0 Å². The summed E-state index contributed by atoms with van der Waals surface area (Å²) in [7, 11) is 0. The third-order valence-electron chi connectivity index (χ3n) is 6.57. The number of benzene rings is 1. The van der Waals surface area contributed by atoms with Crippen molar-refractivity contribution in [2.75, 3.05) is 19.6 Å². The first kappa shape index (κ1) is 20.4. The Bertz CT molecular complexity index is 577. The fourth-order valence-electron chi connectivity index (χ4n) is 4.74. The lowest BCUT2D eigenvalue weighted by atomic mass is 9.88. The van der Waals surface area contributed by atoms with Crippen molar-refractivity contribution in [3.05, 3.63) is 35.4 Å². The van der Waals surface area contributed by atoms with Crippen molar-refractivity contribution in [3.63, 3.8) is 0 Å². The van der Waals surface area contributed by atoms with E-state index in [0.717, 1.165) is 38.9 Å². The van der Waals surface area contributed by atoms with Crippen LogP contribution < -0.4 is 0 Å². The van der Waals surface area contributed by atoms with Crippen LogP contribution in [0.1, 0.15) is 75.8 Å². The van der Waals surface area contributed by atoms with Gasteiger partial charge in [0.05, 0.1) is 0 Å². The summed E-state index contributed by atoms with van der Waals surface area (Å²) < 4.78 is 0. The Morgan fingerprint density at radius 2 is 1.74 bits per heavy atom. The molecule has 1 aromatic rings. The minimum atomic E-state index is 0.262. The lowest BCUT2D eigenvalue weighted by Gasteiger charge is -2.34. The van der Waals surface area contributed by atoms with E-state index in [0.29, 0.717) is 11.9 Å². The highest BCUT2D eigenvalue weighted by atomic mass is 16.2. The Hall–Kier alpha value is -1.35. The van der Waals surface area contributed by atoms with E-state index in [2.05, 4.69) is 47.9 Å². The lowest BCUT2D eigenvalue weighted by Crippen LogP contribution is -2.41. The number of aryl methyl sites for hydroxylation is 1. The number of nitrogens with zero attached hydrogens (tertiary/aromatic N) is 2. The van der Waals surface area contributed by atoms with Gasteiger partial charge in [0.2, 0.25) is 5.91 Å². The van der Waals surface area contributed by atoms with E-state index in [1.54, 1.807) is 0 Å². The van der Waals surface area contributed by atoms with Gasteiger partial charge in [-0.05, 0) is 58.1 Å². The third kappa shape index (κ3) is 6.07. The second-order valence-corrected chi connectivity index (χ2v) is 8.81. The van der Waals surface area contributed by atoms with Crippen LogP contribution in [0.5, 0.6) is 0 Å². The highest BCUT2D eigenvalue weighted by Crippen LogP contribution is 2.26. The van der Waals surface area contributed by atoms with Crippen molar-refractivity contribution >= 4 is 5.91 Å². The Labute approximate surface area is 166 Å². The van der Waals surface area contributed by atoms with Gasteiger partial charge >= 0.3 is 0 Å². The van der Waals surface area contributed by atoms with Crippen LogP contribution in [-0.2, 0) is 11.3 Å². The first-order chi connectivity index (χ1) is 13.1. The number of likely N-dealkylation sites (tertiary alicyclic amines) is 1. The highest BCUT2D eigenvalue weighted by molar-refractivity contribution is 5.79. The van der Waals surface area contributed by atoms with Crippen molar-refractivity contribution in [1.82, 2.24) is 9.80 Å². The Kier molecular flexibility index (Phi) is 7.75. The molecule has 0 aromatic heterocycles. The molecule has 1 unspecified atom stereocenters. The topological polar surface area (TPSA) is 23.6 Å². The SMILES string of the molecule is Cc1ccc(CN(CCCN2CCCCC2C)C(=O)C2CCCCC2)cc1. The summed E-state index contributed by atoms with van der Waals surface area (Å²) in [5.74, 6) is 0.667. The van der Waals surface area contributed by atoms with E-state index in [4.69, 9.17) is 0 Å². The first-order valence-electron chi connectivity index (χ1n) is 11.2. The van der Waals surface area contributed by atoms with Gasteiger partial charge < -0.3 is 9.80 Å². The molecule has 1 aliphatic heterocycles. The van der Waals surface area contributed by atoms with Crippen LogP contribution in [0.25, 0.3) is 0 Å². The van der Waals surface area contributed by atoms with E-state index in [-0.39, 0.29) is 5.92 Å². The van der Waals surface area contributed by atoms with Crippen LogP contribution >= 0.6 is 0 Å². The fraction of sp³-hybridized carbons (Fsp3) is 0.708. The normalized spacial score (nSPS) is 21.9. The summed E-state index contributed by atoms with van der Waals surface area (Å²) >= 11 is 0. The van der Waals surface area contributed by atoms with E-state index >= 15 is 0 Å². The number of rotatable bonds is 7. The number of piperidine rings is 1. The van der Waals surface area contributed by atoms with Gasteiger partial charge in [-0.3, -0.25) is 4.79 Å². The zero-order valence-electron chi connectivity index (χ0n) is 17.5. The third-order valence-corrected chi connectivity index (χ3v) is 6.57. The molecule has 0 radical (unpaired) electrons. The second-order valence-electron chi connectivity index (χ2n) is 8.81. The molecule has 3 rings (SSSR count). The van der Waals surface area contributed by atoms with Gasteiger partial charge in [0.25, 0.3) is 0 Å². The number of hydrogen-bond acceptors (Lipinski definition) is 2. The molecule has 3 heteroatoms. The minimum Gasteiger partial charge on any atom is -0.338 e. The number of amides is 1. The van der Waals surface area contributed by atoms with Gasteiger partial charge in [0.15, 0.2) is 0 Å². The van der Waals surface area contributed by atoms with E-state index in [1.807, 2.05) is 0 Å². The summed E-state index contributed by atoms with van der Waals surface area (Å²) in [5, 5.41) is 0. The average molecular weight is 371 g/mol. The second kappa shape index (κ2) is 10.3. The molecule has 1 aliphatic carbocycles. The van der Waals surface area contributed by atoms with Crippen LogP contribution in [0, 0.1) is 12.8 Å². The Morgan fingerprint density at radius 1 is 1.04 bits per heavy atom. The molecule has 1 saturated carbocycles. The van der Waals surface area contributed by atoms with Crippen molar-refractivity contribution in [2.24, 2.45) is 5.92 Å². The van der Waals surface area contributed by atoms with Crippen molar-refractivity contribution in [3.8, 4) is 0 Å². The maximum absolute atomic E-state index is 13.2. The molecule has 1 heterocycles. The molecule has 1 atom stereocenters. The molecule has 0 N–H and O–H groups in total. The van der Waals surface area contributed by atoms with Gasteiger partial charge in [-0.1, -0.05) is 55.5 Å². The predicted octanol–water partition coefficient (Wildman–Crippen LogP) is 5.17. The standard InChI is InChI=1S/C24H38N2O/c1-20-12-14-22(15-13-20)19-26(24(27)23-10-4-3-5-11-23)18-8-17-25-16-7-6-9-21(25)2/h12-15,21,23H,3-11,16-19H2,1-2H3. The quantitative estimate of drug-likeness (QED) is 0.661. The zero-order valence-corrected chi connectivity index (χ0v) is 17.5. The predicted molar refractivity (Wildman–Crippen MR) is 113 cm³/mol. The number of hydrogen-bond donors (Lipinski definition) is 0. The van der Waals surface area contributed by atoms with Gasteiger partial charge in [-0.25, -0.2) is 0 Å². The van der Waals surface area contributed by atoms with E-state index in [9.17, 15) is 4.79 Å². The molecule has 27 heavy (non-hydrogen) atoms. The maximum atomic E-state index is 13.2. The molecule has 0 spiro atoms. The largest absolute Gasteiger partial charge is 0.338 e. The molecular weight excluding hydrogens is 332 g/mol. The molecule has 3 nitrogen and oxygen atoms in total. The van der Waals surface area contributed by atoms with E-state index in [1.165, 1.54) is 56.2 Å². The molecule has 1 amide bonds. The summed E-state index contributed by atoms with van der Waals surface area (Å²) in [5.41, 5.74) is 2.54. The summed E-state index contributed by atoms with van der Waals surface area (Å²) in [6.45, 7) is 8.50. The lowest BCUT2D eigenvalue weighted by molar-refractivity contribution is -0.137. The van der Waals surface area contributed by atoms with E-state index < -0.39 is 0 Å². The average Bonchev–Trinajstić information content (AvgIpc) is 2.70. The van der Waals surface area contributed by atoms with Gasteiger partial charge in [-0.15, -0.1) is 0 Å². The summed E-state index contributed by atoms with van der Waals surface area (Å²) in [4.78, 5) is 18.0. The van der Waals surface area contributed by atoms with Crippen molar-refractivity contribution in [2.45, 2.75) is 84.2 Å². The van der Waals surface area contributed by atoms with Crippen LogP contribution in [0.15, 0.2) is 24.3 Å². The Morgan fingerprint density at radius 3 is 2.44 bits per heavy atom. The van der Waals surface area contributed by atoms with Crippen LogP contribution in [0.4, 0.5) is 0 Å². The fourth-order valence-corrected chi connectivity index (χ4v) is 4.74. The number of carbonyl (C=O) groups excluding carboxylic acids is 1. The Balaban J connectivity index is 1.59. The molecule has 1 saturated heterocycles. The number of carbonyl (C=O) groups is 1. The first-order valence-corrected chi connectivity index (χ1v) is 11.2. The molecule has 1 aromatic carbocycles. The van der Waals surface area contributed by atoms with Crippen molar-refractivity contribution < 1.29 is 4.79 Å². The van der Waals surface area contributed by atoms with Crippen LogP contribution in [0.3, 0.4) is 0 Å². The summed E-state index contributed by atoms with van der Waals surface area (Å²) in [6.07, 6.45) is 11.0. The monoisotopic (exact) mass is 370 g/mol. The maximum Gasteiger partial charge on any atom is 0.225 e. The van der Waals surface area contributed by atoms with Gasteiger partial charge in [-0.2, -0.15) is 0 Å². The summed E-state index contributed by atoms with van der Waals surface area (Å²) in [6, 6.07) is 9.40. The van der Waals surface area contributed by atoms with Crippen LogP contribution in [0.2, 0.25) is 0 Å². The minimum absolute atomic E-state index is 0.262.